The Balaban J connectivity index is 1.79. The van der Waals surface area contributed by atoms with Gasteiger partial charge >= 0.3 is 0 Å². The van der Waals surface area contributed by atoms with E-state index in [4.69, 9.17) is 15.2 Å². The fourth-order valence-electron chi connectivity index (χ4n) is 3.02. The minimum Gasteiger partial charge on any atom is -0.497 e. The number of anilines is 1. The van der Waals surface area contributed by atoms with Gasteiger partial charge in [0.15, 0.2) is 22.1 Å². The van der Waals surface area contributed by atoms with Crippen LogP contribution >= 0.6 is 11.8 Å². The van der Waals surface area contributed by atoms with E-state index in [1.54, 1.807) is 26.4 Å². The van der Waals surface area contributed by atoms with Crippen molar-refractivity contribution >= 4 is 34.4 Å². The molecule has 0 radical (unpaired) electrons. The van der Waals surface area contributed by atoms with Gasteiger partial charge in [-0.3, -0.25) is 14.7 Å². The Morgan fingerprint density at radius 1 is 1.13 bits per heavy atom. The van der Waals surface area contributed by atoms with E-state index in [1.807, 2.05) is 22.8 Å². The summed E-state index contributed by atoms with van der Waals surface area (Å²) in [6, 6.07) is 11.8. The molecule has 0 spiro atoms. The van der Waals surface area contributed by atoms with E-state index in [9.17, 15) is 10.1 Å². The van der Waals surface area contributed by atoms with E-state index < -0.39 is 4.92 Å². The summed E-state index contributed by atoms with van der Waals surface area (Å²) in [5.41, 5.74) is 7.95. The molecule has 0 saturated carbocycles. The van der Waals surface area contributed by atoms with Crippen molar-refractivity contribution in [1.29, 1.82) is 0 Å². The first-order valence-electron chi connectivity index (χ1n) is 9.10. The summed E-state index contributed by atoms with van der Waals surface area (Å²) in [5, 5.41) is 11.6. The first-order chi connectivity index (χ1) is 15.0. The molecule has 2 N–H and O–H groups in total. The molecule has 4 aromatic rings. The number of hydrogen-bond acceptors (Lipinski definition) is 9. The van der Waals surface area contributed by atoms with Gasteiger partial charge in [0.05, 0.1) is 30.6 Å². The minimum atomic E-state index is -0.430. The third-order valence-electron chi connectivity index (χ3n) is 4.59. The Hall–Kier alpha value is -3.86. The van der Waals surface area contributed by atoms with Crippen molar-refractivity contribution in [2.75, 3.05) is 20.0 Å². The van der Waals surface area contributed by atoms with Gasteiger partial charge in [0.1, 0.15) is 17.8 Å². The van der Waals surface area contributed by atoms with Gasteiger partial charge in [0.2, 0.25) is 0 Å². The molecule has 31 heavy (non-hydrogen) atoms. The zero-order valence-corrected chi connectivity index (χ0v) is 17.5. The fourth-order valence-corrected chi connectivity index (χ4v) is 4.04. The molecule has 0 saturated heterocycles. The predicted molar refractivity (Wildman–Crippen MR) is 116 cm³/mol. The maximum atomic E-state index is 10.9. The highest BCUT2D eigenvalue weighted by molar-refractivity contribution is 7.99. The zero-order chi connectivity index (χ0) is 22.0. The SMILES string of the molecule is COc1ccc(OC)c(Sc2nc3c(N)ncnc3n2Cc2ccc([N+](=O)[O-])cc2)c1. The van der Waals surface area contributed by atoms with E-state index in [1.165, 1.54) is 30.2 Å². The van der Waals surface area contributed by atoms with Crippen LogP contribution in [0.15, 0.2) is 58.8 Å². The minimum absolute atomic E-state index is 0.0292. The Labute approximate surface area is 181 Å². The summed E-state index contributed by atoms with van der Waals surface area (Å²) < 4.78 is 12.7. The van der Waals surface area contributed by atoms with Gasteiger partial charge < -0.3 is 15.2 Å². The van der Waals surface area contributed by atoms with Gasteiger partial charge in [-0.1, -0.05) is 12.1 Å². The van der Waals surface area contributed by atoms with Crippen molar-refractivity contribution in [3.8, 4) is 11.5 Å². The van der Waals surface area contributed by atoms with E-state index in [2.05, 4.69) is 15.0 Å². The first kappa shape index (κ1) is 20.4. The second kappa shape index (κ2) is 8.48. The average molecular weight is 438 g/mol. The second-order valence-corrected chi connectivity index (χ2v) is 7.46. The number of rotatable bonds is 7. The van der Waals surface area contributed by atoms with Crippen LogP contribution in [0.25, 0.3) is 11.2 Å². The second-order valence-electron chi connectivity index (χ2n) is 6.45. The number of hydrogen-bond donors (Lipinski definition) is 1. The molecular formula is C20H18N6O4S. The molecule has 2 aromatic heterocycles. The Morgan fingerprint density at radius 3 is 2.58 bits per heavy atom. The Kier molecular flexibility index (Phi) is 5.58. The van der Waals surface area contributed by atoms with Crippen LogP contribution in [0, 0.1) is 10.1 Å². The number of imidazole rings is 1. The van der Waals surface area contributed by atoms with E-state index in [-0.39, 0.29) is 11.5 Å². The number of ether oxygens (including phenoxy) is 2. The van der Waals surface area contributed by atoms with Gasteiger partial charge in [-0.25, -0.2) is 15.0 Å². The van der Waals surface area contributed by atoms with Gasteiger partial charge in [-0.2, -0.15) is 0 Å². The third kappa shape index (κ3) is 4.08. The van der Waals surface area contributed by atoms with E-state index in [0.29, 0.717) is 34.4 Å². The topological polar surface area (TPSA) is 131 Å². The number of methoxy groups -OCH3 is 2. The molecule has 2 heterocycles. The summed E-state index contributed by atoms with van der Waals surface area (Å²) >= 11 is 1.37. The molecule has 0 bridgehead atoms. The number of benzene rings is 2. The summed E-state index contributed by atoms with van der Waals surface area (Å²) in [4.78, 5) is 24.4. The summed E-state index contributed by atoms with van der Waals surface area (Å²) in [5.74, 6) is 1.62. The van der Waals surface area contributed by atoms with Crippen molar-refractivity contribution < 1.29 is 14.4 Å². The van der Waals surface area contributed by atoms with E-state index >= 15 is 0 Å². The van der Waals surface area contributed by atoms with Gasteiger partial charge in [0.25, 0.3) is 5.69 Å². The largest absolute Gasteiger partial charge is 0.497 e. The summed E-state index contributed by atoms with van der Waals surface area (Å²) in [6.07, 6.45) is 1.38. The average Bonchev–Trinajstić information content (AvgIpc) is 3.12. The predicted octanol–water partition coefficient (Wildman–Crippen LogP) is 3.53. The maximum absolute atomic E-state index is 10.9. The molecule has 0 aliphatic heterocycles. The van der Waals surface area contributed by atoms with Crippen molar-refractivity contribution in [1.82, 2.24) is 19.5 Å². The molecule has 0 unspecified atom stereocenters. The smallest absolute Gasteiger partial charge is 0.269 e. The Bertz CT molecular complexity index is 1260. The number of nitrogens with two attached hydrogens (primary N) is 1. The highest BCUT2D eigenvalue weighted by atomic mass is 32.2. The first-order valence-corrected chi connectivity index (χ1v) is 9.91. The monoisotopic (exact) mass is 438 g/mol. The van der Waals surface area contributed by atoms with Gasteiger partial charge in [-0.05, 0) is 35.5 Å². The van der Waals surface area contributed by atoms with Gasteiger partial charge in [-0.15, -0.1) is 0 Å². The van der Waals surface area contributed by atoms with Gasteiger partial charge in [0, 0.05) is 12.1 Å². The standard InChI is InChI=1S/C20H18N6O4S/c1-29-14-7-8-15(30-2)16(9-14)31-20-24-17-18(21)22-11-23-19(17)25(20)10-12-3-5-13(6-4-12)26(27)28/h3-9,11H,10H2,1-2H3,(H2,21,22,23). The molecule has 0 amide bonds. The van der Waals surface area contributed by atoms with Crippen LogP contribution in [-0.2, 0) is 6.54 Å². The van der Waals surface area contributed by atoms with Crippen LogP contribution in [0.1, 0.15) is 5.56 Å². The molecule has 0 aliphatic rings. The molecule has 0 atom stereocenters. The molecule has 158 valence electrons. The fraction of sp³-hybridized carbons (Fsp3) is 0.150. The number of non-ortho nitro benzene ring substituents is 1. The number of aromatic nitrogens is 4. The van der Waals surface area contributed by atoms with Crippen LogP contribution in [0.3, 0.4) is 0 Å². The number of nitro groups is 1. The van der Waals surface area contributed by atoms with Crippen LogP contribution < -0.4 is 15.2 Å². The normalized spacial score (nSPS) is 10.9. The van der Waals surface area contributed by atoms with Crippen LogP contribution in [0.4, 0.5) is 11.5 Å². The van der Waals surface area contributed by atoms with E-state index in [0.717, 1.165) is 10.5 Å². The quantitative estimate of drug-likeness (QED) is 0.340. The number of fused-ring (bicyclic) bond motifs is 1. The molecule has 4 rings (SSSR count). The molecule has 0 fully saturated rings. The van der Waals surface area contributed by atoms with Crippen LogP contribution in [0.5, 0.6) is 11.5 Å². The molecule has 10 nitrogen and oxygen atoms in total. The van der Waals surface area contributed by atoms with Crippen molar-refractivity contribution in [3.63, 3.8) is 0 Å². The highest BCUT2D eigenvalue weighted by Crippen LogP contribution is 2.38. The number of nitro benzene ring substituents is 1. The lowest BCUT2D eigenvalue weighted by molar-refractivity contribution is -0.384. The lowest BCUT2D eigenvalue weighted by atomic mass is 10.2. The highest BCUT2D eigenvalue weighted by Gasteiger charge is 2.18. The van der Waals surface area contributed by atoms with Crippen LogP contribution in [0.2, 0.25) is 0 Å². The lowest BCUT2D eigenvalue weighted by Crippen LogP contribution is -2.03. The molecule has 11 heteroatoms. The maximum Gasteiger partial charge on any atom is 0.269 e. The number of nitrogens with zero attached hydrogens (tertiary/aromatic N) is 5. The molecule has 2 aromatic carbocycles. The molecule has 0 aliphatic carbocycles. The van der Waals surface area contributed by atoms with Crippen LogP contribution in [-0.4, -0.2) is 38.7 Å². The number of nitrogen functional groups attached to an aromatic ring is 1. The molecular weight excluding hydrogens is 420 g/mol. The van der Waals surface area contributed by atoms with Crippen molar-refractivity contribution in [2.24, 2.45) is 0 Å². The zero-order valence-electron chi connectivity index (χ0n) is 16.7. The lowest BCUT2D eigenvalue weighted by Gasteiger charge is -2.12. The summed E-state index contributed by atoms with van der Waals surface area (Å²) in [6.45, 7) is 0.388. The van der Waals surface area contributed by atoms with Crippen molar-refractivity contribution in [3.05, 3.63) is 64.5 Å². The Morgan fingerprint density at radius 2 is 1.90 bits per heavy atom. The summed E-state index contributed by atoms with van der Waals surface area (Å²) in [7, 11) is 3.19. The van der Waals surface area contributed by atoms with Crippen molar-refractivity contribution in [2.45, 2.75) is 16.6 Å². The third-order valence-corrected chi connectivity index (χ3v) is 5.62.